The number of carbonyl (C=O) groups is 1. The van der Waals surface area contributed by atoms with Gasteiger partial charge in [0.15, 0.2) is 0 Å². The standard InChI is InChI=1S/C15H10ClF2N3O/c16-8-4-10-7(5-20-15(10)21-6-8)3-11-12(17)2-1-9(13(11)18)14(19)22/h1-2,4-6H,3H2,(H2,19,22)(H,20,21). The molecule has 2 heterocycles. The molecule has 0 atom stereocenters. The summed E-state index contributed by atoms with van der Waals surface area (Å²) in [6.07, 6.45) is 3.02. The first-order chi connectivity index (χ1) is 10.5. The zero-order valence-electron chi connectivity index (χ0n) is 11.2. The van der Waals surface area contributed by atoms with Crippen LogP contribution in [0.3, 0.4) is 0 Å². The Bertz CT molecular complexity index is 892. The predicted molar refractivity (Wildman–Crippen MR) is 78.8 cm³/mol. The summed E-state index contributed by atoms with van der Waals surface area (Å²) in [6.45, 7) is 0. The number of amides is 1. The summed E-state index contributed by atoms with van der Waals surface area (Å²) in [5.41, 5.74) is 5.69. The van der Waals surface area contributed by atoms with E-state index in [0.717, 1.165) is 12.1 Å². The van der Waals surface area contributed by atoms with Gasteiger partial charge in [-0.25, -0.2) is 13.8 Å². The maximum Gasteiger partial charge on any atom is 0.251 e. The Morgan fingerprint density at radius 2 is 2.14 bits per heavy atom. The van der Waals surface area contributed by atoms with Gasteiger partial charge < -0.3 is 10.7 Å². The second-order valence-electron chi connectivity index (χ2n) is 4.79. The molecule has 1 amide bonds. The predicted octanol–water partition coefficient (Wildman–Crippen LogP) is 3.18. The third-order valence-electron chi connectivity index (χ3n) is 3.40. The van der Waals surface area contributed by atoms with E-state index in [2.05, 4.69) is 9.97 Å². The van der Waals surface area contributed by atoms with Crippen LogP contribution in [0.25, 0.3) is 11.0 Å². The first-order valence-electron chi connectivity index (χ1n) is 6.35. The van der Waals surface area contributed by atoms with Crippen molar-refractivity contribution in [2.75, 3.05) is 0 Å². The van der Waals surface area contributed by atoms with E-state index in [1.807, 2.05) is 0 Å². The second kappa shape index (κ2) is 5.38. The number of nitrogens with zero attached hydrogens (tertiary/aromatic N) is 1. The van der Waals surface area contributed by atoms with Crippen LogP contribution in [0.15, 0.2) is 30.6 Å². The molecule has 0 spiro atoms. The van der Waals surface area contributed by atoms with Gasteiger partial charge in [0, 0.05) is 29.8 Å². The van der Waals surface area contributed by atoms with Crippen LogP contribution in [0.4, 0.5) is 8.78 Å². The van der Waals surface area contributed by atoms with Crippen molar-refractivity contribution in [1.82, 2.24) is 9.97 Å². The van der Waals surface area contributed by atoms with E-state index in [1.165, 1.54) is 6.20 Å². The van der Waals surface area contributed by atoms with Crippen molar-refractivity contribution in [1.29, 1.82) is 0 Å². The zero-order valence-corrected chi connectivity index (χ0v) is 11.9. The van der Waals surface area contributed by atoms with Crippen LogP contribution in [-0.4, -0.2) is 15.9 Å². The van der Waals surface area contributed by atoms with Crippen LogP contribution in [-0.2, 0) is 6.42 Å². The fraction of sp³-hybridized carbons (Fsp3) is 0.0667. The molecule has 0 radical (unpaired) electrons. The summed E-state index contributed by atoms with van der Waals surface area (Å²) < 4.78 is 28.2. The fourth-order valence-corrected chi connectivity index (χ4v) is 2.48. The lowest BCUT2D eigenvalue weighted by Crippen LogP contribution is -2.15. The number of nitrogens with two attached hydrogens (primary N) is 1. The van der Waals surface area contributed by atoms with Crippen molar-refractivity contribution >= 4 is 28.5 Å². The SMILES string of the molecule is NC(=O)c1ccc(F)c(Cc2c[nH]c3ncc(Cl)cc23)c1F. The average Bonchev–Trinajstić information content (AvgIpc) is 2.85. The summed E-state index contributed by atoms with van der Waals surface area (Å²) >= 11 is 5.89. The number of hydrogen-bond donors (Lipinski definition) is 2. The largest absolute Gasteiger partial charge is 0.366 e. The smallest absolute Gasteiger partial charge is 0.251 e. The molecule has 0 aliphatic carbocycles. The van der Waals surface area contributed by atoms with Gasteiger partial charge in [0.1, 0.15) is 17.3 Å². The summed E-state index contributed by atoms with van der Waals surface area (Å²) in [4.78, 5) is 18.2. The molecule has 7 heteroatoms. The highest BCUT2D eigenvalue weighted by Gasteiger charge is 2.18. The number of primary amides is 1. The molecular weight excluding hydrogens is 312 g/mol. The third kappa shape index (κ3) is 2.42. The number of nitrogens with one attached hydrogen (secondary N) is 1. The van der Waals surface area contributed by atoms with Crippen LogP contribution in [0.1, 0.15) is 21.5 Å². The molecule has 0 unspecified atom stereocenters. The van der Waals surface area contributed by atoms with Crippen LogP contribution in [0, 0.1) is 11.6 Å². The Hall–Kier alpha value is -2.47. The van der Waals surface area contributed by atoms with Crippen LogP contribution < -0.4 is 5.73 Å². The number of H-pyrrole nitrogens is 1. The highest BCUT2D eigenvalue weighted by atomic mass is 35.5. The minimum Gasteiger partial charge on any atom is -0.366 e. The molecule has 3 rings (SSSR count). The molecule has 112 valence electrons. The van der Waals surface area contributed by atoms with Gasteiger partial charge in [-0.05, 0) is 23.8 Å². The molecule has 0 saturated carbocycles. The number of rotatable bonds is 3. The van der Waals surface area contributed by atoms with Crippen LogP contribution in [0.2, 0.25) is 5.02 Å². The highest BCUT2D eigenvalue weighted by Crippen LogP contribution is 2.25. The number of halogens is 3. The van der Waals surface area contributed by atoms with E-state index >= 15 is 0 Å². The normalized spacial score (nSPS) is 11.0. The third-order valence-corrected chi connectivity index (χ3v) is 3.61. The van der Waals surface area contributed by atoms with E-state index in [-0.39, 0.29) is 17.5 Å². The Morgan fingerprint density at radius 1 is 1.36 bits per heavy atom. The molecule has 0 aliphatic heterocycles. The Kier molecular flexibility index (Phi) is 3.54. The molecule has 22 heavy (non-hydrogen) atoms. The van der Waals surface area contributed by atoms with Gasteiger partial charge in [-0.2, -0.15) is 0 Å². The maximum absolute atomic E-state index is 14.3. The number of benzene rings is 1. The number of pyridine rings is 1. The monoisotopic (exact) mass is 321 g/mol. The Balaban J connectivity index is 2.10. The number of carbonyl (C=O) groups excluding carboxylic acids is 1. The molecule has 4 nitrogen and oxygen atoms in total. The van der Waals surface area contributed by atoms with Gasteiger partial charge >= 0.3 is 0 Å². The zero-order chi connectivity index (χ0) is 15.9. The van der Waals surface area contributed by atoms with Crippen molar-refractivity contribution in [3.05, 3.63) is 63.9 Å². The minimum atomic E-state index is -0.947. The first kappa shape index (κ1) is 14.5. The molecule has 2 aromatic heterocycles. The molecule has 3 N–H and O–H groups in total. The van der Waals surface area contributed by atoms with Gasteiger partial charge in [0.25, 0.3) is 5.91 Å². The van der Waals surface area contributed by atoms with Crippen molar-refractivity contribution in [3.63, 3.8) is 0 Å². The molecule has 0 saturated heterocycles. The van der Waals surface area contributed by atoms with Crippen molar-refractivity contribution in [2.45, 2.75) is 6.42 Å². The van der Waals surface area contributed by atoms with E-state index in [9.17, 15) is 13.6 Å². The topological polar surface area (TPSA) is 71.8 Å². The van der Waals surface area contributed by atoms with Crippen molar-refractivity contribution < 1.29 is 13.6 Å². The summed E-state index contributed by atoms with van der Waals surface area (Å²) in [5, 5.41) is 1.08. The van der Waals surface area contributed by atoms with Crippen LogP contribution in [0.5, 0.6) is 0 Å². The lowest BCUT2D eigenvalue weighted by atomic mass is 10.0. The molecule has 3 aromatic rings. The van der Waals surface area contributed by atoms with E-state index < -0.39 is 17.5 Å². The maximum atomic E-state index is 14.3. The number of aromatic nitrogens is 2. The number of fused-ring (bicyclic) bond motifs is 1. The van der Waals surface area contributed by atoms with Crippen LogP contribution >= 0.6 is 11.6 Å². The molecule has 0 bridgehead atoms. The average molecular weight is 322 g/mol. The van der Waals surface area contributed by atoms with Gasteiger partial charge in [-0.15, -0.1) is 0 Å². The molecule has 0 fully saturated rings. The van der Waals surface area contributed by atoms with Gasteiger partial charge in [-0.1, -0.05) is 11.6 Å². The van der Waals surface area contributed by atoms with E-state index in [4.69, 9.17) is 17.3 Å². The second-order valence-corrected chi connectivity index (χ2v) is 5.23. The summed E-state index contributed by atoms with van der Waals surface area (Å²) in [6, 6.07) is 3.71. The van der Waals surface area contributed by atoms with Gasteiger partial charge in [-0.3, -0.25) is 4.79 Å². The van der Waals surface area contributed by atoms with Gasteiger partial charge in [0.2, 0.25) is 0 Å². The quantitative estimate of drug-likeness (QED) is 0.777. The lowest BCUT2D eigenvalue weighted by Gasteiger charge is -2.07. The first-order valence-corrected chi connectivity index (χ1v) is 6.73. The highest BCUT2D eigenvalue weighted by molar-refractivity contribution is 6.31. The molecule has 0 aliphatic rings. The lowest BCUT2D eigenvalue weighted by molar-refractivity contribution is 0.0996. The molecule has 1 aromatic carbocycles. The van der Waals surface area contributed by atoms with Crippen molar-refractivity contribution in [3.8, 4) is 0 Å². The molecular formula is C15H10ClF2N3O. The van der Waals surface area contributed by atoms with Crippen molar-refractivity contribution in [2.24, 2.45) is 5.73 Å². The van der Waals surface area contributed by atoms with E-state index in [0.29, 0.717) is 21.6 Å². The van der Waals surface area contributed by atoms with E-state index in [1.54, 1.807) is 12.3 Å². The summed E-state index contributed by atoms with van der Waals surface area (Å²) in [5.74, 6) is -2.63. The Morgan fingerprint density at radius 3 is 2.86 bits per heavy atom. The Labute approximate surface area is 128 Å². The summed E-state index contributed by atoms with van der Waals surface area (Å²) in [7, 11) is 0. The number of hydrogen-bond acceptors (Lipinski definition) is 2. The van der Waals surface area contributed by atoms with Gasteiger partial charge in [0.05, 0.1) is 10.6 Å². The minimum absolute atomic E-state index is 0.0548. The number of aromatic amines is 1. The fourth-order valence-electron chi connectivity index (χ4n) is 2.32.